The molecule has 19 heavy (non-hydrogen) atoms. The van der Waals surface area contributed by atoms with Gasteiger partial charge in [-0.25, -0.2) is 0 Å². The Morgan fingerprint density at radius 3 is 2.74 bits per heavy atom. The van der Waals surface area contributed by atoms with E-state index >= 15 is 0 Å². The summed E-state index contributed by atoms with van der Waals surface area (Å²) < 4.78 is 4.84. The van der Waals surface area contributed by atoms with E-state index in [1.165, 1.54) is 0 Å². The van der Waals surface area contributed by atoms with Crippen LogP contribution in [0, 0.1) is 6.92 Å². The van der Waals surface area contributed by atoms with Crippen molar-refractivity contribution in [2.45, 2.75) is 26.2 Å². The summed E-state index contributed by atoms with van der Waals surface area (Å²) in [5.74, 6) is 0.114. The highest BCUT2D eigenvalue weighted by atomic mass is 16.5. The number of carboxylic acid groups (broad SMARTS) is 1. The maximum atomic E-state index is 11.6. The van der Waals surface area contributed by atoms with Crippen LogP contribution in [0.2, 0.25) is 0 Å². The van der Waals surface area contributed by atoms with Crippen molar-refractivity contribution in [2.24, 2.45) is 0 Å². The first-order chi connectivity index (χ1) is 8.97. The number of carboxylic acids is 1. The molecule has 0 spiro atoms. The standard InChI is InChI=1S/C12H19N3O4/c1-9-8-10(14-19-9)13-11(16)5-7-15(2)6-3-4-12(17)18/h8H,3-7H2,1-2H3,(H,17,18)(H,13,14,16). The first-order valence-electron chi connectivity index (χ1n) is 6.11. The molecule has 0 aliphatic rings. The van der Waals surface area contributed by atoms with Crippen molar-refractivity contribution in [3.63, 3.8) is 0 Å². The van der Waals surface area contributed by atoms with Crippen LogP contribution in [0.1, 0.15) is 25.0 Å². The molecule has 0 aromatic carbocycles. The molecule has 0 saturated heterocycles. The molecule has 0 fully saturated rings. The van der Waals surface area contributed by atoms with E-state index < -0.39 is 5.97 Å². The van der Waals surface area contributed by atoms with Crippen molar-refractivity contribution in [2.75, 3.05) is 25.5 Å². The quantitative estimate of drug-likeness (QED) is 0.734. The van der Waals surface area contributed by atoms with E-state index in [0.29, 0.717) is 37.5 Å². The fraction of sp³-hybridized carbons (Fsp3) is 0.583. The average Bonchev–Trinajstić information content (AvgIpc) is 2.71. The van der Waals surface area contributed by atoms with Gasteiger partial charge >= 0.3 is 5.97 Å². The maximum Gasteiger partial charge on any atom is 0.303 e. The lowest BCUT2D eigenvalue weighted by molar-refractivity contribution is -0.137. The number of nitrogens with zero attached hydrogens (tertiary/aromatic N) is 2. The van der Waals surface area contributed by atoms with Crippen LogP contribution in [0.25, 0.3) is 0 Å². The molecular formula is C12H19N3O4. The fourth-order valence-corrected chi connectivity index (χ4v) is 1.54. The molecule has 106 valence electrons. The van der Waals surface area contributed by atoms with Crippen LogP contribution in [-0.4, -0.2) is 47.2 Å². The lowest BCUT2D eigenvalue weighted by Crippen LogP contribution is -2.25. The predicted octanol–water partition coefficient (Wildman–Crippen LogP) is 1.11. The van der Waals surface area contributed by atoms with E-state index in [1.54, 1.807) is 13.0 Å². The van der Waals surface area contributed by atoms with Gasteiger partial charge in [0.25, 0.3) is 0 Å². The fourth-order valence-electron chi connectivity index (χ4n) is 1.54. The minimum atomic E-state index is -0.799. The van der Waals surface area contributed by atoms with Gasteiger partial charge in [0.2, 0.25) is 5.91 Å². The highest BCUT2D eigenvalue weighted by molar-refractivity contribution is 5.89. The Hall–Kier alpha value is -1.89. The van der Waals surface area contributed by atoms with E-state index in [2.05, 4.69) is 10.5 Å². The summed E-state index contributed by atoms with van der Waals surface area (Å²) in [5, 5.41) is 14.8. The van der Waals surface area contributed by atoms with Crippen LogP contribution < -0.4 is 5.32 Å². The zero-order chi connectivity index (χ0) is 14.3. The Bertz CT molecular complexity index is 430. The molecule has 1 heterocycles. The number of anilines is 1. The van der Waals surface area contributed by atoms with E-state index in [0.717, 1.165) is 0 Å². The van der Waals surface area contributed by atoms with Crippen LogP contribution in [0.4, 0.5) is 5.82 Å². The maximum absolute atomic E-state index is 11.6. The van der Waals surface area contributed by atoms with E-state index in [-0.39, 0.29) is 12.3 Å². The van der Waals surface area contributed by atoms with Gasteiger partial charge in [0.05, 0.1) is 0 Å². The number of carbonyl (C=O) groups excluding carboxylic acids is 1. The molecule has 1 aromatic heterocycles. The number of aromatic nitrogens is 1. The van der Waals surface area contributed by atoms with Gasteiger partial charge in [-0.3, -0.25) is 9.59 Å². The van der Waals surface area contributed by atoms with Crippen LogP contribution in [0.5, 0.6) is 0 Å². The Kier molecular flexibility index (Phi) is 6.01. The number of nitrogens with one attached hydrogen (secondary N) is 1. The number of aliphatic carboxylic acids is 1. The van der Waals surface area contributed by atoms with E-state index in [4.69, 9.17) is 9.63 Å². The summed E-state index contributed by atoms with van der Waals surface area (Å²) in [6, 6.07) is 1.65. The van der Waals surface area contributed by atoms with Crippen LogP contribution in [0.3, 0.4) is 0 Å². The molecule has 1 aromatic rings. The van der Waals surface area contributed by atoms with Crippen LogP contribution >= 0.6 is 0 Å². The second-order valence-corrected chi connectivity index (χ2v) is 4.42. The normalized spacial score (nSPS) is 10.7. The number of carbonyl (C=O) groups is 2. The summed E-state index contributed by atoms with van der Waals surface area (Å²) in [6.45, 7) is 2.98. The molecule has 0 radical (unpaired) electrons. The molecular weight excluding hydrogens is 250 g/mol. The molecule has 1 amide bonds. The van der Waals surface area contributed by atoms with Gasteiger partial charge in [-0.15, -0.1) is 0 Å². The Morgan fingerprint density at radius 1 is 1.42 bits per heavy atom. The SMILES string of the molecule is Cc1cc(NC(=O)CCN(C)CCCC(=O)O)no1. The van der Waals surface area contributed by atoms with E-state index in [1.807, 2.05) is 11.9 Å². The highest BCUT2D eigenvalue weighted by Crippen LogP contribution is 2.07. The summed E-state index contributed by atoms with van der Waals surface area (Å²) in [4.78, 5) is 23.9. The lowest BCUT2D eigenvalue weighted by Gasteiger charge is -2.15. The van der Waals surface area contributed by atoms with Crippen molar-refractivity contribution < 1.29 is 19.2 Å². The molecule has 0 aliphatic heterocycles. The zero-order valence-electron chi connectivity index (χ0n) is 11.2. The molecule has 7 nitrogen and oxygen atoms in total. The topological polar surface area (TPSA) is 95.7 Å². The van der Waals surface area contributed by atoms with Gasteiger partial charge in [0.1, 0.15) is 5.76 Å². The molecule has 2 N–H and O–H groups in total. The summed E-state index contributed by atoms with van der Waals surface area (Å²) in [5.41, 5.74) is 0. The third kappa shape index (κ3) is 6.56. The molecule has 0 bridgehead atoms. The van der Waals surface area contributed by atoms with Crippen molar-refractivity contribution >= 4 is 17.7 Å². The van der Waals surface area contributed by atoms with Crippen LogP contribution in [-0.2, 0) is 9.59 Å². The molecule has 0 atom stereocenters. The Morgan fingerprint density at radius 2 is 2.16 bits per heavy atom. The minimum Gasteiger partial charge on any atom is -0.481 e. The van der Waals surface area contributed by atoms with Gasteiger partial charge in [-0.2, -0.15) is 0 Å². The van der Waals surface area contributed by atoms with Crippen LogP contribution in [0.15, 0.2) is 10.6 Å². The van der Waals surface area contributed by atoms with Gasteiger partial charge < -0.3 is 19.8 Å². The summed E-state index contributed by atoms with van der Waals surface area (Å²) in [7, 11) is 1.86. The average molecular weight is 269 g/mol. The molecule has 1 rings (SSSR count). The smallest absolute Gasteiger partial charge is 0.303 e. The summed E-state index contributed by atoms with van der Waals surface area (Å²) in [6.07, 6.45) is 1.06. The second kappa shape index (κ2) is 7.52. The zero-order valence-corrected chi connectivity index (χ0v) is 11.2. The number of rotatable bonds is 8. The Labute approximate surface area is 111 Å². The first-order valence-corrected chi connectivity index (χ1v) is 6.11. The monoisotopic (exact) mass is 269 g/mol. The third-order valence-electron chi connectivity index (χ3n) is 2.55. The number of hydrogen-bond acceptors (Lipinski definition) is 5. The predicted molar refractivity (Wildman–Crippen MR) is 68.9 cm³/mol. The molecule has 0 aliphatic carbocycles. The van der Waals surface area contributed by atoms with Gasteiger partial charge in [-0.1, -0.05) is 5.16 Å². The largest absolute Gasteiger partial charge is 0.481 e. The number of amides is 1. The van der Waals surface area contributed by atoms with Crippen molar-refractivity contribution in [1.29, 1.82) is 0 Å². The van der Waals surface area contributed by atoms with Gasteiger partial charge in [-0.05, 0) is 26.9 Å². The van der Waals surface area contributed by atoms with E-state index in [9.17, 15) is 9.59 Å². The van der Waals surface area contributed by atoms with Crippen molar-refractivity contribution in [1.82, 2.24) is 10.1 Å². The molecule has 7 heteroatoms. The van der Waals surface area contributed by atoms with Gasteiger partial charge in [0.15, 0.2) is 5.82 Å². The number of hydrogen-bond donors (Lipinski definition) is 2. The van der Waals surface area contributed by atoms with Crippen molar-refractivity contribution in [3.05, 3.63) is 11.8 Å². The lowest BCUT2D eigenvalue weighted by atomic mass is 10.3. The molecule has 0 unspecified atom stereocenters. The minimum absolute atomic E-state index is 0.140. The van der Waals surface area contributed by atoms with Crippen molar-refractivity contribution in [3.8, 4) is 0 Å². The second-order valence-electron chi connectivity index (χ2n) is 4.42. The first kappa shape index (κ1) is 15.2. The third-order valence-corrected chi connectivity index (χ3v) is 2.55. The number of aryl methyl sites for hydroxylation is 1. The molecule has 0 saturated carbocycles. The van der Waals surface area contributed by atoms with Gasteiger partial charge in [0, 0.05) is 25.5 Å². The Balaban J connectivity index is 2.17. The summed E-state index contributed by atoms with van der Waals surface area (Å²) >= 11 is 0. The highest BCUT2D eigenvalue weighted by Gasteiger charge is 2.08.